The Morgan fingerprint density at radius 3 is 2.65 bits per heavy atom. The highest BCUT2D eigenvalue weighted by Gasteiger charge is 2.41. The summed E-state index contributed by atoms with van der Waals surface area (Å²) in [6, 6.07) is 5.88. The molecule has 1 N–H and O–H groups in total. The molecule has 1 aliphatic rings. The fraction of sp³-hybridized carbons (Fsp3) is 0.312. The van der Waals surface area contributed by atoms with Crippen LogP contribution in [0.25, 0.3) is 5.69 Å². The number of methoxy groups -OCH3 is 1. The largest absolute Gasteiger partial charge is 0.465 e. The molecule has 1 aromatic carbocycles. The maximum atomic E-state index is 13.4. The van der Waals surface area contributed by atoms with Gasteiger partial charge in [0.15, 0.2) is 5.69 Å². The lowest BCUT2D eigenvalue weighted by Crippen LogP contribution is -2.35. The van der Waals surface area contributed by atoms with Gasteiger partial charge in [0, 0.05) is 18.5 Å². The number of ether oxygens (including phenoxy) is 1. The van der Waals surface area contributed by atoms with Crippen LogP contribution in [0.4, 0.5) is 18.0 Å². The van der Waals surface area contributed by atoms with Gasteiger partial charge in [0.25, 0.3) is 0 Å². The zero-order valence-electron chi connectivity index (χ0n) is 13.6. The van der Waals surface area contributed by atoms with Gasteiger partial charge in [0.05, 0.1) is 30.6 Å². The Hall–Kier alpha value is -3.04. The van der Waals surface area contributed by atoms with E-state index >= 15 is 0 Å². The molecule has 0 saturated carbocycles. The van der Waals surface area contributed by atoms with Gasteiger partial charge in [-0.3, -0.25) is 0 Å². The smallest absolute Gasteiger partial charge is 0.435 e. The monoisotopic (exact) mass is 369 g/mol. The van der Waals surface area contributed by atoms with Gasteiger partial charge in [-0.25, -0.2) is 14.3 Å². The number of aromatic nitrogens is 2. The summed E-state index contributed by atoms with van der Waals surface area (Å²) in [5.74, 6) is -0.624. The van der Waals surface area contributed by atoms with Gasteiger partial charge in [0.1, 0.15) is 0 Å². The number of hydrogen-bond donors (Lipinski definition) is 1. The van der Waals surface area contributed by atoms with Gasteiger partial charge in [-0.1, -0.05) is 6.07 Å². The minimum absolute atomic E-state index is 0.0576. The molecule has 0 bridgehead atoms. The molecule has 0 aliphatic carbocycles. The van der Waals surface area contributed by atoms with Crippen LogP contribution in [0.3, 0.4) is 0 Å². The molecule has 1 aromatic heterocycles. The van der Waals surface area contributed by atoms with Crippen molar-refractivity contribution in [3.05, 3.63) is 46.8 Å². The highest BCUT2D eigenvalue weighted by Crippen LogP contribution is 2.36. The quantitative estimate of drug-likeness (QED) is 0.823. The van der Waals surface area contributed by atoms with Crippen LogP contribution < -0.4 is 0 Å². The lowest BCUT2D eigenvalue weighted by molar-refractivity contribution is -0.142. The third kappa shape index (κ3) is 3.09. The number of halogens is 3. The Kier molecular flexibility index (Phi) is 4.34. The van der Waals surface area contributed by atoms with Gasteiger partial charge in [0.2, 0.25) is 0 Å². The van der Waals surface area contributed by atoms with Crippen LogP contribution in [-0.4, -0.2) is 45.5 Å². The van der Waals surface area contributed by atoms with E-state index in [1.54, 1.807) is 0 Å². The van der Waals surface area contributed by atoms with Gasteiger partial charge < -0.3 is 14.7 Å². The second-order valence-electron chi connectivity index (χ2n) is 5.68. The van der Waals surface area contributed by atoms with Crippen molar-refractivity contribution >= 4 is 12.1 Å². The summed E-state index contributed by atoms with van der Waals surface area (Å²) in [7, 11) is 1.20. The highest BCUT2D eigenvalue weighted by atomic mass is 19.4. The molecular formula is C16H14F3N3O4. The van der Waals surface area contributed by atoms with E-state index in [0.717, 1.165) is 9.58 Å². The van der Waals surface area contributed by atoms with Gasteiger partial charge >= 0.3 is 18.2 Å². The third-order valence-electron chi connectivity index (χ3n) is 4.11. The molecule has 0 radical (unpaired) electrons. The maximum Gasteiger partial charge on any atom is 0.435 e. The lowest BCUT2D eigenvalue weighted by Gasteiger charge is -2.25. The Bertz CT molecular complexity index is 876. The molecule has 26 heavy (non-hydrogen) atoms. The number of rotatable bonds is 2. The fourth-order valence-electron chi connectivity index (χ4n) is 2.91. The van der Waals surface area contributed by atoms with Crippen molar-refractivity contribution in [2.45, 2.75) is 19.1 Å². The Morgan fingerprint density at radius 2 is 2.04 bits per heavy atom. The molecule has 0 unspecified atom stereocenters. The summed E-state index contributed by atoms with van der Waals surface area (Å²) in [5.41, 5.74) is -0.581. The molecule has 0 spiro atoms. The van der Waals surface area contributed by atoms with Gasteiger partial charge in [-0.15, -0.1) is 0 Å². The minimum atomic E-state index is -4.73. The van der Waals surface area contributed by atoms with E-state index in [2.05, 4.69) is 9.84 Å². The van der Waals surface area contributed by atoms with Gasteiger partial charge in [-0.2, -0.15) is 18.3 Å². The molecule has 0 saturated heterocycles. The van der Waals surface area contributed by atoms with E-state index in [-0.39, 0.29) is 35.5 Å². The average Bonchev–Trinajstić information content (AvgIpc) is 3.00. The van der Waals surface area contributed by atoms with Crippen molar-refractivity contribution < 1.29 is 32.6 Å². The zero-order chi connectivity index (χ0) is 19.1. The van der Waals surface area contributed by atoms with E-state index in [1.807, 2.05) is 0 Å². The van der Waals surface area contributed by atoms with Crippen molar-refractivity contribution in [2.24, 2.45) is 0 Å². The first-order chi connectivity index (χ1) is 12.2. The van der Waals surface area contributed by atoms with Crippen LogP contribution in [0.2, 0.25) is 0 Å². The fourth-order valence-corrected chi connectivity index (χ4v) is 2.91. The van der Waals surface area contributed by atoms with Crippen molar-refractivity contribution in [1.82, 2.24) is 14.7 Å². The van der Waals surface area contributed by atoms with Gasteiger partial charge in [-0.05, 0) is 18.2 Å². The van der Waals surface area contributed by atoms with Crippen LogP contribution in [0.1, 0.15) is 27.3 Å². The van der Waals surface area contributed by atoms with E-state index < -0.39 is 30.5 Å². The number of benzene rings is 1. The van der Waals surface area contributed by atoms with Crippen molar-refractivity contribution in [1.29, 1.82) is 0 Å². The minimum Gasteiger partial charge on any atom is -0.465 e. The van der Waals surface area contributed by atoms with Crippen LogP contribution in [0.5, 0.6) is 0 Å². The number of fused-ring (bicyclic) bond motifs is 1. The molecular weight excluding hydrogens is 355 g/mol. The number of hydrogen-bond acceptors (Lipinski definition) is 4. The topological polar surface area (TPSA) is 84.7 Å². The first-order valence-corrected chi connectivity index (χ1v) is 7.57. The molecule has 2 heterocycles. The predicted molar refractivity (Wildman–Crippen MR) is 82.0 cm³/mol. The number of carbonyl (C=O) groups excluding carboxylic acids is 1. The second-order valence-corrected chi connectivity index (χ2v) is 5.68. The molecule has 0 atom stereocenters. The third-order valence-corrected chi connectivity index (χ3v) is 4.11. The van der Waals surface area contributed by atoms with Crippen LogP contribution in [0.15, 0.2) is 24.3 Å². The summed E-state index contributed by atoms with van der Waals surface area (Å²) in [4.78, 5) is 23.7. The van der Waals surface area contributed by atoms with E-state index in [1.165, 1.54) is 31.4 Å². The maximum absolute atomic E-state index is 13.4. The number of amides is 1. The van der Waals surface area contributed by atoms with E-state index in [9.17, 15) is 22.8 Å². The summed E-state index contributed by atoms with van der Waals surface area (Å²) in [6.45, 7) is -0.335. The summed E-state index contributed by atoms with van der Waals surface area (Å²) in [6.07, 6.45) is -5.94. The Morgan fingerprint density at radius 1 is 1.31 bits per heavy atom. The SMILES string of the molecule is COC(=O)c1cccc(-n2nc(C(F)(F)F)c3c2CCN(C(=O)O)C3)c1. The molecule has 3 rings (SSSR count). The molecule has 2 aromatic rings. The molecule has 0 fully saturated rings. The molecule has 7 nitrogen and oxygen atoms in total. The normalized spacial score (nSPS) is 14.1. The number of esters is 1. The molecule has 10 heteroatoms. The second kappa shape index (κ2) is 6.36. The summed E-state index contributed by atoms with van der Waals surface area (Å²) in [5, 5.41) is 12.7. The van der Waals surface area contributed by atoms with Crippen molar-refractivity contribution in [2.75, 3.05) is 13.7 Å². The first kappa shape index (κ1) is 17.8. The van der Waals surface area contributed by atoms with Crippen molar-refractivity contribution in [3.8, 4) is 5.69 Å². The molecule has 138 valence electrons. The highest BCUT2D eigenvalue weighted by molar-refractivity contribution is 5.89. The number of alkyl halides is 3. The zero-order valence-corrected chi connectivity index (χ0v) is 13.6. The number of carbonyl (C=O) groups is 2. The lowest BCUT2D eigenvalue weighted by atomic mass is 10.0. The van der Waals surface area contributed by atoms with E-state index in [0.29, 0.717) is 0 Å². The van der Waals surface area contributed by atoms with Crippen molar-refractivity contribution in [3.63, 3.8) is 0 Å². The Balaban J connectivity index is 2.13. The summed E-state index contributed by atoms with van der Waals surface area (Å²) >= 11 is 0. The predicted octanol–water partition coefficient (Wildman–Crippen LogP) is 2.71. The number of nitrogens with zero attached hydrogens (tertiary/aromatic N) is 3. The van der Waals surface area contributed by atoms with Crippen LogP contribution >= 0.6 is 0 Å². The van der Waals surface area contributed by atoms with Crippen LogP contribution in [-0.2, 0) is 23.9 Å². The Labute approximate surface area is 145 Å². The first-order valence-electron chi connectivity index (χ1n) is 7.57. The molecule has 1 amide bonds. The van der Waals surface area contributed by atoms with E-state index in [4.69, 9.17) is 5.11 Å². The summed E-state index contributed by atoms with van der Waals surface area (Å²) < 4.78 is 45.9. The number of carboxylic acid groups (broad SMARTS) is 1. The van der Waals surface area contributed by atoms with Crippen LogP contribution in [0, 0.1) is 0 Å². The molecule has 1 aliphatic heterocycles. The standard InChI is InChI=1S/C16H14F3N3O4/c1-26-14(23)9-3-2-4-10(7-9)22-12-5-6-21(15(24)25)8-11(12)13(20-22)16(17,18)19/h2-4,7H,5-6,8H2,1H3,(H,24,25). The average molecular weight is 369 g/mol.